The van der Waals surface area contributed by atoms with Gasteiger partial charge in [-0.1, -0.05) is 12.8 Å². The molecular weight excluding hydrogens is 294 g/mol. The maximum Gasteiger partial charge on any atom is 0.229 e. The normalized spacial score (nSPS) is 24.7. The number of hydrogen-bond donors (Lipinski definition) is 2. The van der Waals surface area contributed by atoms with Crippen LogP contribution in [0, 0.1) is 5.92 Å². The molecule has 2 unspecified atom stereocenters. The quantitative estimate of drug-likeness (QED) is 0.905. The highest BCUT2D eigenvalue weighted by Crippen LogP contribution is 2.32. The van der Waals surface area contributed by atoms with E-state index in [-0.39, 0.29) is 11.8 Å². The van der Waals surface area contributed by atoms with Gasteiger partial charge in [0.1, 0.15) is 12.1 Å². The number of oxazole rings is 1. The Bertz CT molecular complexity index is 708. The number of hydrogen-bond acceptors (Lipinski definition) is 5. The van der Waals surface area contributed by atoms with Crippen LogP contribution in [0.25, 0.3) is 11.1 Å². The van der Waals surface area contributed by atoms with E-state index in [1.807, 2.05) is 19.1 Å². The molecule has 0 saturated heterocycles. The molecule has 6 nitrogen and oxygen atoms in total. The van der Waals surface area contributed by atoms with Gasteiger partial charge in [-0.2, -0.15) is 0 Å². The standard InChI is InChI=1S/C17H23N3O3/c1-17(18)8-4-3-5-12(17)16(21)19-11-6-7-14-13(9-11)20-15(23-14)10-22-2/h6-7,9,12H,3-5,8,10,18H2,1-2H3,(H,19,21). The van der Waals surface area contributed by atoms with Crippen molar-refractivity contribution < 1.29 is 13.9 Å². The molecule has 1 saturated carbocycles. The number of methoxy groups -OCH3 is 1. The summed E-state index contributed by atoms with van der Waals surface area (Å²) in [5.41, 5.74) is 7.95. The van der Waals surface area contributed by atoms with Crippen LogP contribution >= 0.6 is 0 Å². The smallest absolute Gasteiger partial charge is 0.229 e. The molecule has 3 N–H and O–H groups in total. The summed E-state index contributed by atoms with van der Waals surface area (Å²) >= 11 is 0. The van der Waals surface area contributed by atoms with E-state index >= 15 is 0 Å². The fourth-order valence-corrected chi connectivity index (χ4v) is 3.26. The molecule has 1 aromatic carbocycles. The Kier molecular flexibility index (Phi) is 4.37. The van der Waals surface area contributed by atoms with Gasteiger partial charge in [0, 0.05) is 18.3 Å². The minimum absolute atomic E-state index is 0.0188. The molecule has 3 rings (SSSR count). The van der Waals surface area contributed by atoms with Gasteiger partial charge in [0.2, 0.25) is 11.8 Å². The number of carbonyl (C=O) groups excluding carboxylic acids is 1. The van der Waals surface area contributed by atoms with Crippen LogP contribution < -0.4 is 11.1 Å². The third-order valence-electron chi connectivity index (χ3n) is 4.54. The maximum atomic E-state index is 12.6. The monoisotopic (exact) mass is 317 g/mol. The van der Waals surface area contributed by atoms with E-state index in [2.05, 4.69) is 10.3 Å². The lowest BCUT2D eigenvalue weighted by Crippen LogP contribution is -2.51. The number of nitrogens with two attached hydrogens (primary N) is 1. The molecule has 0 bridgehead atoms. The Labute approximate surface area is 135 Å². The predicted molar refractivity (Wildman–Crippen MR) is 87.9 cm³/mol. The minimum atomic E-state index is -0.439. The second kappa shape index (κ2) is 6.29. The van der Waals surface area contributed by atoms with Gasteiger partial charge in [-0.25, -0.2) is 4.98 Å². The molecule has 6 heteroatoms. The van der Waals surface area contributed by atoms with Crippen molar-refractivity contribution >= 4 is 22.7 Å². The lowest BCUT2D eigenvalue weighted by Gasteiger charge is -2.37. The Morgan fingerprint density at radius 1 is 1.52 bits per heavy atom. The molecule has 1 aromatic heterocycles. The van der Waals surface area contributed by atoms with Gasteiger partial charge in [-0.05, 0) is 38.0 Å². The highest BCUT2D eigenvalue weighted by atomic mass is 16.5. The van der Waals surface area contributed by atoms with Crippen LogP contribution in [0.4, 0.5) is 5.69 Å². The molecule has 0 aliphatic heterocycles. The van der Waals surface area contributed by atoms with E-state index in [4.69, 9.17) is 14.9 Å². The summed E-state index contributed by atoms with van der Waals surface area (Å²) in [5.74, 6) is 0.343. The van der Waals surface area contributed by atoms with Crippen LogP contribution in [0.3, 0.4) is 0 Å². The number of aromatic nitrogens is 1. The zero-order valence-electron chi connectivity index (χ0n) is 13.6. The van der Waals surface area contributed by atoms with Crippen LogP contribution in [0.15, 0.2) is 22.6 Å². The molecule has 1 heterocycles. The summed E-state index contributed by atoms with van der Waals surface area (Å²) in [4.78, 5) is 16.9. The van der Waals surface area contributed by atoms with E-state index in [9.17, 15) is 4.79 Å². The number of anilines is 1. The second-order valence-corrected chi connectivity index (χ2v) is 6.52. The third kappa shape index (κ3) is 3.38. The predicted octanol–water partition coefficient (Wildman–Crippen LogP) is 2.82. The van der Waals surface area contributed by atoms with Crippen molar-refractivity contribution in [3.63, 3.8) is 0 Å². The number of amides is 1. The van der Waals surface area contributed by atoms with E-state index in [1.54, 1.807) is 13.2 Å². The van der Waals surface area contributed by atoms with Gasteiger partial charge in [-0.15, -0.1) is 0 Å². The van der Waals surface area contributed by atoms with Gasteiger partial charge < -0.3 is 20.2 Å². The highest BCUT2D eigenvalue weighted by Gasteiger charge is 2.37. The Balaban J connectivity index is 1.76. The van der Waals surface area contributed by atoms with E-state index < -0.39 is 5.54 Å². The largest absolute Gasteiger partial charge is 0.438 e. The molecule has 23 heavy (non-hydrogen) atoms. The van der Waals surface area contributed by atoms with Gasteiger partial charge in [0.15, 0.2) is 5.58 Å². The van der Waals surface area contributed by atoms with Gasteiger partial charge in [-0.3, -0.25) is 4.79 Å². The van der Waals surface area contributed by atoms with Crippen LogP contribution in [0.2, 0.25) is 0 Å². The number of nitrogens with one attached hydrogen (secondary N) is 1. The summed E-state index contributed by atoms with van der Waals surface area (Å²) < 4.78 is 10.6. The molecule has 124 valence electrons. The topological polar surface area (TPSA) is 90.4 Å². The van der Waals surface area contributed by atoms with Crippen molar-refractivity contribution in [2.45, 2.75) is 44.8 Å². The fourth-order valence-electron chi connectivity index (χ4n) is 3.26. The van der Waals surface area contributed by atoms with Crippen molar-refractivity contribution in [1.29, 1.82) is 0 Å². The van der Waals surface area contributed by atoms with Crippen molar-refractivity contribution in [2.24, 2.45) is 11.7 Å². The second-order valence-electron chi connectivity index (χ2n) is 6.52. The minimum Gasteiger partial charge on any atom is -0.438 e. The highest BCUT2D eigenvalue weighted by molar-refractivity contribution is 5.95. The number of fused-ring (bicyclic) bond motifs is 1. The van der Waals surface area contributed by atoms with Crippen LogP contribution in [-0.4, -0.2) is 23.5 Å². The summed E-state index contributed by atoms with van der Waals surface area (Å²) in [5, 5.41) is 2.97. The average molecular weight is 317 g/mol. The van der Waals surface area contributed by atoms with Crippen molar-refractivity contribution in [3.8, 4) is 0 Å². The van der Waals surface area contributed by atoms with Crippen LogP contribution in [0.5, 0.6) is 0 Å². The first-order valence-electron chi connectivity index (χ1n) is 7.98. The first-order valence-corrected chi connectivity index (χ1v) is 7.98. The van der Waals surface area contributed by atoms with Gasteiger partial charge in [0.05, 0.1) is 5.92 Å². The summed E-state index contributed by atoms with van der Waals surface area (Å²) in [6.07, 6.45) is 3.86. The number of carbonyl (C=O) groups is 1. The van der Waals surface area contributed by atoms with Crippen molar-refractivity contribution in [1.82, 2.24) is 4.98 Å². The zero-order valence-corrected chi connectivity index (χ0v) is 13.6. The molecule has 1 aliphatic rings. The van der Waals surface area contributed by atoms with Crippen LogP contribution in [0.1, 0.15) is 38.5 Å². The maximum absolute atomic E-state index is 12.6. The van der Waals surface area contributed by atoms with Crippen molar-refractivity contribution in [2.75, 3.05) is 12.4 Å². The SMILES string of the molecule is COCc1nc2cc(NC(=O)C3CCCCC3(C)N)ccc2o1. The molecular formula is C17H23N3O3. The first kappa shape index (κ1) is 16.0. The number of nitrogens with zero attached hydrogens (tertiary/aromatic N) is 1. The molecule has 0 spiro atoms. The Morgan fingerprint density at radius 3 is 3.09 bits per heavy atom. The summed E-state index contributed by atoms with van der Waals surface area (Å²) in [6, 6.07) is 5.44. The molecule has 0 radical (unpaired) electrons. The number of ether oxygens (including phenoxy) is 1. The van der Waals surface area contributed by atoms with Gasteiger partial charge >= 0.3 is 0 Å². The lowest BCUT2D eigenvalue weighted by atomic mass is 9.74. The van der Waals surface area contributed by atoms with Gasteiger partial charge in [0.25, 0.3) is 0 Å². The van der Waals surface area contributed by atoms with E-state index in [1.165, 1.54) is 0 Å². The molecule has 1 fully saturated rings. The van der Waals surface area contributed by atoms with Crippen molar-refractivity contribution in [3.05, 3.63) is 24.1 Å². The van der Waals surface area contributed by atoms with Crippen LogP contribution in [-0.2, 0) is 16.1 Å². The first-order chi connectivity index (χ1) is 11.0. The average Bonchev–Trinajstić information content (AvgIpc) is 2.88. The zero-order chi connectivity index (χ0) is 16.4. The molecule has 2 atom stereocenters. The Morgan fingerprint density at radius 2 is 2.35 bits per heavy atom. The van der Waals surface area contributed by atoms with E-state index in [0.29, 0.717) is 29.3 Å². The fraction of sp³-hybridized carbons (Fsp3) is 0.529. The third-order valence-corrected chi connectivity index (χ3v) is 4.54. The molecule has 1 aliphatic carbocycles. The molecule has 2 aromatic rings. The Hall–Kier alpha value is -1.92. The number of rotatable bonds is 4. The number of benzene rings is 1. The lowest BCUT2D eigenvalue weighted by molar-refractivity contribution is -0.122. The molecule has 1 amide bonds. The summed E-state index contributed by atoms with van der Waals surface area (Å²) in [6.45, 7) is 2.29. The van der Waals surface area contributed by atoms with E-state index in [0.717, 1.165) is 25.7 Å². The summed E-state index contributed by atoms with van der Waals surface area (Å²) in [7, 11) is 1.59.